The number of aliphatic hydroxyl groups is 1. The third kappa shape index (κ3) is 1.80. The van der Waals surface area contributed by atoms with Gasteiger partial charge in [-0.25, -0.2) is 4.79 Å². The van der Waals surface area contributed by atoms with E-state index in [1.165, 1.54) is 0 Å². The quantitative estimate of drug-likeness (QED) is 0.463. The first-order valence-corrected chi connectivity index (χ1v) is 7.97. The summed E-state index contributed by atoms with van der Waals surface area (Å²) >= 11 is 5.76. The molecule has 0 saturated carbocycles. The molecule has 5 nitrogen and oxygen atoms in total. The predicted octanol–water partition coefficient (Wildman–Crippen LogP) is 1.13. The third-order valence-corrected chi connectivity index (χ3v) is 5.47. The summed E-state index contributed by atoms with van der Waals surface area (Å²) in [5.74, 6) is -1.14. The van der Waals surface area contributed by atoms with Crippen LogP contribution in [-0.4, -0.2) is 40.1 Å². The van der Waals surface area contributed by atoms with Gasteiger partial charge in [-0.1, -0.05) is 12.2 Å². The van der Waals surface area contributed by atoms with Gasteiger partial charge in [-0.05, 0) is 32.6 Å². The van der Waals surface area contributed by atoms with E-state index in [4.69, 9.17) is 16.3 Å². The van der Waals surface area contributed by atoms with Crippen LogP contribution in [0.1, 0.15) is 32.6 Å². The van der Waals surface area contributed by atoms with Crippen molar-refractivity contribution in [3.8, 4) is 0 Å². The van der Waals surface area contributed by atoms with Gasteiger partial charge in [0.1, 0.15) is 0 Å². The Balaban J connectivity index is 1.94. The highest BCUT2D eigenvalue weighted by atomic mass is 35.5. The number of carbonyl (C=O) groups excluding carboxylic acids is 2. The van der Waals surface area contributed by atoms with E-state index in [9.17, 15) is 14.7 Å². The molecule has 2 heterocycles. The van der Waals surface area contributed by atoms with Crippen molar-refractivity contribution in [3.05, 3.63) is 12.2 Å². The van der Waals surface area contributed by atoms with E-state index in [-0.39, 0.29) is 11.8 Å². The number of nitrogens with one attached hydrogen (secondary N) is 1. The van der Waals surface area contributed by atoms with Crippen molar-refractivity contribution >= 4 is 23.5 Å². The number of hydrogen-bond donors (Lipinski definition) is 2. The lowest BCUT2D eigenvalue weighted by Crippen LogP contribution is -2.80. The second kappa shape index (κ2) is 4.99. The molecule has 116 valence electrons. The van der Waals surface area contributed by atoms with Crippen molar-refractivity contribution in [1.82, 2.24) is 5.32 Å². The number of esters is 1. The van der Waals surface area contributed by atoms with E-state index in [1.54, 1.807) is 6.92 Å². The molecule has 2 fully saturated rings. The lowest BCUT2D eigenvalue weighted by molar-refractivity contribution is -0.238. The van der Waals surface area contributed by atoms with Gasteiger partial charge in [0.15, 0.2) is 5.60 Å². The molecule has 3 aliphatic rings. The summed E-state index contributed by atoms with van der Waals surface area (Å²) in [4.78, 5) is 24.4. The molecule has 0 aromatic heterocycles. The molecular formula is C15H20ClNO4. The van der Waals surface area contributed by atoms with Crippen molar-refractivity contribution in [3.63, 3.8) is 0 Å². The van der Waals surface area contributed by atoms with Crippen LogP contribution < -0.4 is 5.32 Å². The van der Waals surface area contributed by atoms with Crippen LogP contribution in [-0.2, 0) is 14.3 Å². The molecule has 0 radical (unpaired) electrons. The Morgan fingerprint density at radius 2 is 2.33 bits per heavy atom. The van der Waals surface area contributed by atoms with Crippen molar-refractivity contribution in [2.75, 3.05) is 5.88 Å². The topological polar surface area (TPSA) is 75.6 Å². The molecule has 3 rings (SSSR count). The lowest BCUT2D eigenvalue weighted by atomic mass is 9.64. The molecular weight excluding hydrogens is 294 g/mol. The van der Waals surface area contributed by atoms with E-state index in [0.717, 1.165) is 19.3 Å². The molecule has 21 heavy (non-hydrogen) atoms. The number of hydrogen-bond acceptors (Lipinski definition) is 4. The van der Waals surface area contributed by atoms with E-state index in [1.807, 2.05) is 12.2 Å². The fraction of sp³-hybridized carbons (Fsp3) is 0.733. The van der Waals surface area contributed by atoms with Crippen molar-refractivity contribution < 1.29 is 19.4 Å². The molecule has 0 bridgehead atoms. The van der Waals surface area contributed by atoms with Crippen molar-refractivity contribution in [2.24, 2.45) is 11.8 Å². The number of carbonyl (C=O) groups is 2. The summed E-state index contributed by atoms with van der Waals surface area (Å²) in [6, 6.07) is 0. The van der Waals surface area contributed by atoms with Gasteiger partial charge < -0.3 is 15.2 Å². The predicted molar refractivity (Wildman–Crippen MR) is 76.7 cm³/mol. The Morgan fingerprint density at radius 3 is 2.90 bits per heavy atom. The van der Waals surface area contributed by atoms with Gasteiger partial charge in [0.25, 0.3) is 0 Å². The first kappa shape index (κ1) is 14.9. The molecule has 6 heteroatoms. The first-order valence-electron chi connectivity index (χ1n) is 7.43. The second-order valence-corrected chi connectivity index (χ2v) is 6.67. The number of amides is 1. The smallest absolute Gasteiger partial charge is 0.339 e. The zero-order chi connectivity index (χ0) is 15.3. The molecule has 5 atom stereocenters. The van der Waals surface area contributed by atoms with Gasteiger partial charge in [-0.15, -0.1) is 11.6 Å². The maximum atomic E-state index is 12.2. The van der Waals surface area contributed by atoms with Gasteiger partial charge in [0.2, 0.25) is 11.4 Å². The van der Waals surface area contributed by atoms with Gasteiger partial charge in [0, 0.05) is 11.8 Å². The van der Waals surface area contributed by atoms with Crippen LogP contribution in [0.15, 0.2) is 12.2 Å². The van der Waals surface area contributed by atoms with E-state index < -0.39 is 29.1 Å². The second-order valence-electron chi connectivity index (χ2n) is 6.29. The van der Waals surface area contributed by atoms with Crippen LogP contribution in [0.25, 0.3) is 0 Å². The van der Waals surface area contributed by atoms with Crippen LogP contribution in [0.4, 0.5) is 0 Å². The average molecular weight is 314 g/mol. The van der Waals surface area contributed by atoms with Gasteiger partial charge >= 0.3 is 5.97 Å². The van der Waals surface area contributed by atoms with Crippen LogP contribution >= 0.6 is 11.6 Å². The minimum absolute atomic E-state index is 0.138. The molecule has 1 aliphatic carbocycles. The standard InChI is InChI=1S/C15H20ClNO4/c1-14-10(7-8-16)12(19)17-15(14,13(20)21-14)11(18)9-5-3-2-4-6-9/h3,5,9-11,18H,2,4,6-8H2,1H3,(H,17,19)/t9-,10+,11?,14+,15+/m1/s1. The molecule has 2 N–H and O–H groups in total. The summed E-state index contributed by atoms with van der Waals surface area (Å²) in [5.41, 5.74) is -2.34. The molecule has 1 amide bonds. The molecule has 0 aromatic carbocycles. The van der Waals surface area contributed by atoms with E-state index in [2.05, 4.69) is 5.32 Å². The van der Waals surface area contributed by atoms with Crippen LogP contribution in [0.3, 0.4) is 0 Å². The number of halogens is 1. The number of allylic oxidation sites excluding steroid dienone is 1. The Morgan fingerprint density at radius 1 is 1.57 bits per heavy atom. The summed E-state index contributed by atoms with van der Waals surface area (Å²) in [7, 11) is 0. The van der Waals surface area contributed by atoms with Crippen LogP contribution in [0, 0.1) is 11.8 Å². The van der Waals surface area contributed by atoms with Crippen molar-refractivity contribution in [2.45, 2.75) is 49.9 Å². The Kier molecular flexibility index (Phi) is 3.53. The minimum atomic E-state index is -1.33. The van der Waals surface area contributed by atoms with Gasteiger partial charge in [-0.3, -0.25) is 4.79 Å². The molecule has 2 saturated heterocycles. The summed E-state index contributed by atoms with van der Waals surface area (Å²) in [6.45, 7) is 1.72. The van der Waals surface area contributed by atoms with Crippen LogP contribution in [0.5, 0.6) is 0 Å². The number of alkyl halides is 1. The Labute approximate surface area is 128 Å². The minimum Gasteiger partial charge on any atom is -0.453 e. The number of ether oxygens (including phenoxy) is 1. The summed E-state index contributed by atoms with van der Waals surface area (Å²) < 4.78 is 5.34. The van der Waals surface area contributed by atoms with Crippen LogP contribution in [0.2, 0.25) is 0 Å². The highest BCUT2D eigenvalue weighted by molar-refractivity contribution is 6.18. The maximum absolute atomic E-state index is 12.2. The third-order valence-electron chi connectivity index (χ3n) is 5.25. The molecule has 1 unspecified atom stereocenters. The fourth-order valence-electron chi connectivity index (χ4n) is 3.99. The molecule has 0 aromatic rings. The fourth-order valence-corrected chi connectivity index (χ4v) is 4.21. The lowest BCUT2D eigenvalue weighted by Gasteiger charge is -2.54. The highest BCUT2D eigenvalue weighted by Gasteiger charge is 2.79. The van der Waals surface area contributed by atoms with Gasteiger partial charge in [0.05, 0.1) is 12.0 Å². The SMILES string of the molecule is C[C@@]12OC(=O)[C@]1(C(O)[C@@H]1C=CCCC1)NC(=O)[C@@H]2CCCl. The summed E-state index contributed by atoms with van der Waals surface area (Å²) in [6.07, 6.45) is 6.17. The van der Waals surface area contributed by atoms with E-state index in [0.29, 0.717) is 12.3 Å². The maximum Gasteiger partial charge on any atom is 0.339 e. The largest absolute Gasteiger partial charge is 0.453 e. The number of fused-ring (bicyclic) bond motifs is 1. The monoisotopic (exact) mass is 313 g/mol. The zero-order valence-corrected chi connectivity index (χ0v) is 12.7. The molecule has 2 aliphatic heterocycles. The Hall–Kier alpha value is -1.07. The van der Waals surface area contributed by atoms with Gasteiger partial charge in [-0.2, -0.15) is 0 Å². The zero-order valence-electron chi connectivity index (χ0n) is 12.0. The highest BCUT2D eigenvalue weighted by Crippen LogP contribution is 2.53. The van der Waals surface area contributed by atoms with Crippen molar-refractivity contribution in [1.29, 1.82) is 0 Å². The molecule has 0 spiro atoms. The first-order chi connectivity index (χ1) is 9.97. The van der Waals surface area contributed by atoms with E-state index >= 15 is 0 Å². The Bertz CT molecular complexity index is 508. The average Bonchev–Trinajstić information content (AvgIpc) is 2.65. The summed E-state index contributed by atoms with van der Waals surface area (Å²) in [5, 5.41) is 13.5. The number of aliphatic hydroxyl groups excluding tert-OH is 1. The number of rotatable bonds is 4. The normalized spacial score (nSPS) is 42.8.